The molecule has 0 spiro atoms. The summed E-state index contributed by atoms with van der Waals surface area (Å²) in [5.74, 6) is 0.824. The fourth-order valence-electron chi connectivity index (χ4n) is 1.64. The first kappa shape index (κ1) is 15.9. The summed E-state index contributed by atoms with van der Waals surface area (Å²) in [5, 5.41) is 11.0. The van der Waals surface area contributed by atoms with Crippen molar-refractivity contribution in [3.63, 3.8) is 0 Å². The third kappa shape index (κ3) is 5.53. The van der Waals surface area contributed by atoms with E-state index >= 15 is 0 Å². The summed E-state index contributed by atoms with van der Waals surface area (Å²) in [7, 11) is -2.96. The van der Waals surface area contributed by atoms with Crippen LogP contribution in [0.1, 0.15) is 12.8 Å². The van der Waals surface area contributed by atoms with Crippen LogP contribution in [0.4, 0.5) is 0 Å². The second-order valence-electron chi connectivity index (χ2n) is 4.20. The molecule has 19 heavy (non-hydrogen) atoms. The van der Waals surface area contributed by atoms with Crippen LogP contribution >= 0.6 is 11.8 Å². The van der Waals surface area contributed by atoms with E-state index < -0.39 is 27.8 Å². The summed E-state index contributed by atoms with van der Waals surface area (Å²) in [6, 6.07) is -1.09. The Hall–Kier alpha value is -1.20. The highest BCUT2D eigenvalue weighted by Gasteiger charge is 2.29. The molecule has 1 aliphatic heterocycles. The van der Waals surface area contributed by atoms with Crippen molar-refractivity contribution in [1.82, 2.24) is 5.32 Å². The van der Waals surface area contributed by atoms with Crippen LogP contribution < -0.4 is 5.32 Å². The number of hydrogen-bond donors (Lipinski definition) is 2. The van der Waals surface area contributed by atoms with E-state index in [1.807, 2.05) is 0 Å². The molecule has 1 rings (SSSR count). The number of thioether (sulfide) groups is 1. The molecule has 0 aromatic heterocycles. The lowest BCUT2D eigenvalue weighted by atomic mass is 10.2. The van der Waals surface area contributed by atoms with Gasteiger partial charge in [0.1, 0.15) is 6.04 Å². The molecule has 0 bridgehead atoms. The lowest BCUT2D eigenvalue weighted by molar-refractivity contribution is -0.141. The molecule has 0 saturated carbocycles. The third-order valence-corrected chi connectivity index (χ3v) is 5.88. The summed E-state index contributed by atoms with van der Waals surface area (Å²) < 4.78 is 22.4. The Morgan fingerprint density at radius 1 is 1.53 bits per heavy atom. The number of nitrogens with one attached hydrogen (secondary N) is 1. The fraction of sp³-hybridized carbons (Fsp3) is 0.636. The van der Waals surface area contributed by atoms with Crippen molar-refractivity contribution >= 4 is 33.5 Å². The third-order valence-electron chi connectivity index (χ3n) is 2.60. The number of aliphatic carboxylic acids is 1. The Labute approximate surface area is 116 Å². The SMILES string of the molecule is C#CCC(NC(=O)CSC1CCS(=O)(=O)C1)C(=O)O. The quantitative estimate of drug-likeness (QED) is 0.642. The highest BCUT2D eigenvalue weighted by Crippen LogP contribution is 2.23. The smallest absolute Gasteiger partial charge is 0.327 e. The lowest BCUT2D eigenvalue weighted by Crippen LogP contribution is -2.41. The van der Waals surface area contributed by atoms with Gasteiger partial charge in [-0.15, -0.1) is 24.1 Å². The summed E-state index contributed by atoms with van der Waals surface area (Å²) >= 11 is 1.23. The number of rotatable bonds is 6. The molecule has 0 aromatic rings. The van der Waals surface area contributed by atoms with Crippen LogP contribution in [0.3, 0.4) is 0 Å². The average Bonchev–Trinajstić information content (AvgIpc) is 2.66. The second kappa shape index (κ2) is 6.82. The molecule has 1 heterocycles. The maximum atomic E-state index is 11.5. The van der Waals surface area contributed by atoms with Gasteiger partial charge in [-0.05, 0) is 6.42 Å². The van der Waals surface area contributed by atoms with E-state index in [1.54, 1.807) is 0 Å². The van der Waals surface area contributed by atoms with Crippen LogP contribution in [-0.2, 0) is 19.4 Å². The van der Waals surface area contributed by atoms with Gasteiger partial charge in [-0.3, -0.25) is 4.79 Å². The van der Waals surface area contributed by atoms with E-state index in [0.29, 0.717) is 6.42 Å². The van der Waals surface area contributed by atoms with E-state index in [0.717, 1.165) is 0 Å². The van der Waals surface area contributed by atoms with Gasteiger partial charge in [-0.2, -0.15) is 0 Å². The molecule has 8 heteroatoms. The van der Waals surface area contributed by atoms with Crippen molar-refractivity contribution in [3.05, 3.63) is 0 Å². The van der Waals surface area contributed by atoms with Gasteiger partial charge in [-0.25, -0.2) is 13.2 Å². The van der Waals surface area contributed by atoms with E-state index in [-0.39, 0.29) is 28.9 Å². The second-order valence-corrected chi connectivity index (χ2v) is 7.72. The molecule has 106 valence electrons. The number of carbonyl (C=O) groups excluding carboxylic acids is 1. The van der Waals surface area contributed by atoms with Gasteiger partial charge in [0.05, 0.1) is 17.3 Å². The van der Waals surface area contributed by atoms with E-state index in [1.165, 1.54) is 11.8 Å². The van der Waals surface area contributed by atoms with Crippen LogP contribution in [0.5, 0.6) is 0 Å². The number of sulfone groups is 1. The number of hydrogen-bond acceptors (Lipinski definition) is 5. The number of carboxylic acids is 1. The minimum Gasteiger partial charge on any atom is -0.480 e. The zero-order valence-corrected chi connectivity index (χ0v) is 11.8. The van der Waals surface area contributed by atoms with Crippen LogP contribution in [-0.4, -0.2) is 54.0 Å². The van der Waals surface area contributed by atoms with Crippen molar-refractivity contribution in [1.29, 1.82) is 0 Å². The predicted octanol–water partition coefficient (Wildman–Crippen LogP) is -0.501. The Bertz CT molecular complexity index is 494. The Kier molecular flexibility index (Phi) is 5.69. The molecule has 1 saturated heterocycles. The number of carbonyl (C=O) groups is 2. The standard InChI is InChI=1S/C11H15NO5S2/c1-2-3-9(11(14)15)12-10(13)6-18-8-4-5-19(16,17)7-8/h1,8-9H,3-7H2,(H,12,13)(H,14,15). The summed E-state index contributed by atoms with van der Waals surface area (Å²) in [5.41, 5.74) is 0. The Balaban J connectivity index is 2.36. The predicted molar refractivity (Wildman–Crippen MR) is 72.5 cm³/mol. The first-order valence-corrected chi connectivity index (χ1v) is 8.48. The molecule has 0 aliphatic carbocycles. The summed E-state index contributed by atoms with van der Waals surface area (Å²) in [6.07, 6.45) is 5.46. The van der Waals surface area contributed by atoms with Crippen molar-refractivity contribution < 1.29 is 23.1 Å². The van der Waals surface area contributed by atoms with Crippen LogP contribution in [0, 0.1) is 12.3 Å². The van der Waals surface area contributed by atoms with Gasteiger partial charge in [0.15, 0.2) is 9.84 Å². The van der Waals surface area contributed by atoms with Crippen LogP contribution in [0.15, 0.2) is 0 Å². The Morgan fingerprint density at radius 2 is 2.21 bits per heavy atom. The number of terminal acetylenes is 1. The topological polar surface area (TPSA) is 101 Å². The minimum absolute atomic E-state index is 0.0362. The van der Waals surface area contributed by atoms with Crippen molar-refractivity contribution in [2.45, 2.75) is 24.1 Å². The zero-order chi connectivity index (χ0) is 14.5. The molecule has 1 aliphatic rings. The first-order chi connectivity index (χ1) is 8.84. The van der Waals surface area contributed by atoms with Crippen molar-refractivity contribution in [3.8, 4) is 12.3 Å². The normalized spacial score (nSPS) is 22.4. The minimum atomic E-state index is -2.96. The molecular weight excluding hydrogens is 290 g/mol. The fourth-order valence-corrected chi connectivity index (χ4v) is 5.09. The van der Waals surface area contributed by atoms with Gasteiger partial charge in [0.2, 0.25) is 5.91 Å². The molecule has 2 N–H and O–H groups in total. The van der Waals surface area contributed by atoms with E-state index in [2.05, 4.69) is 11.2 Å². The molecule has 2 unspecified atom stereocenters. The molecule has 0 aromatic carbocycles. The molecule has 0 radical (unpaired) electrons. The molecule has 1 fully saturated rings. The van der Waals surface area contributed by atoms with Gasteiger partial charge in [0.25, 0.3) is 0 Å². The van der Waals surface area contributed by atoms with Crippen molar-refractivity contribution in [2.75, 3.05) is 17.3 Å². The van der Waals surface area contributed by atoms with E-state index in [4.69, 9.17) is 11.5 Å². The van der Waals surface area contributed by atoms with Crippen LogP contribution in [0.2, 0.25) is 0 Å². The molecule has 6 nitrogen and oxygen atoms in total. The van der Waals surface area contributed by atoms with Gasteiger partial charge in [0, 0.05) is 11.7 Å². The molecular formula is C11H15NO5S2. The van der Waals surface area contributed by atoms with E-state index in [9.17, 15) is 18.0 Å². The number of amides is 1. The maximum Gasteiger partial charge on any atom is 0.327 e. The average molecular weight is 305 g/mol. The highest BCUT2D eigenvalue weighted by molar-refractivity contribution is 8.02. The largest absolute Gasteiger partial charge is 0.480 e. The maximum absolute atomic E-state index is 11.5. The molecule has 1 amide bonds. The van der Waals surface area contributed by atoms with Gasteiger partial charge < -0.3 is 10.4 Å². The first-order valence-electron chi connectivity index (χ1n) is 5.61. The molecule has 2 atom stereocenters. The monoisotopic (exact) mass is 305 g/mol. The summed E-state index contributed by atoms with van der Waals surface area (Å²) in [6.45, 7) is 0. The Morgan fingerprint density at radius 3 is 2.68 bits per heavy atom. The number of carboxylic acid groups (broad SMARTS) is 1. The van der Waals surface area contributed by atoms with Gasteiger partial charge in [-0.1, -0.05) is 0 Å². The zero-order valence-electron chi connectivity index (χ0n) is 10.2. The highest BCUT2D eigenvalue weighted by atomic mass is 32.2. The van der Waals surface area contributed by atoms with Crippen LogP contribution in [0.25, 0.3) is 0 Å². The lowest BCUT2D eigenvalue weighted by Gasteiger charge is -2.12. The summed E-state index contributed by atoms with van der Waals surface area (Å²) in [4.78, 5) is 22.3. The van der Waals surface area contributed by atoms with Crippen molar-refractivity contribution in [2.24, 2.45) is 0 Å². The van der Waals surface area contributed by atoms with Gasteiger partial charge >= 0.3 is 5.97 Å².